The molecule has 0 spiro atoms. The predicted octanol–water partition coefficient (Wildman–Crippen LogP) is 3.40. The number of hydrogen-bond acceptors (Lipinski definition) is 3. The third-order valence-electron chi connectivity index (χ3n) is 2.95. The molecule has 2 heterocycles. The number of rotatable bonds is 2. The molecule has 0 bridgehead atoms. The zero-order valence-electron chi connectivity index (χ0n) is 10.8. The van der Waals surface area contributed by atoms with E-state index in [0.717, 1.165) is 5.69 Å². The molecule has 0 amide bonds. The Morgan fingerprint density at radius 2 is 1.90 bits per heavy atom. The number of benzene rings is 1. The first-order valence-corrected chi connectivity index (χ1v) is 6.52. The van der Waals surface area contributed by atoms with E-state index in [1.165, 1.54) is 16.0 Å². The lowest BCUT2D eigenvalue weighted by Crippen LogP contribution is -2.14. The predicted molar refractivity (Wildman–Crippen MR) is 80.9 cm³/mol. The molecule has 3 rings (SSSR count). The summed E-state index contributed by atoms with van der Waals surface area (Å²) in [5.41, 5.74) is 2.45. The van der Waals surface area contributed by atoms with Crippen LogP contribution in [0.15, 0.2) is 53.5 Å². The molecule has 2 aromatic heterocycles. The van der Waals surface area contributed by atoms with Gasteiger partial charge in [0.1, 0.15) is 11.5 Å². The number of anilines is 2. The van der Waals surface area contributed by atoms with E-state index < -0.39 is 0 Å². The normalized spacial score (nSPS) is 10.7. The molecule has 100 valence electrons. The summed E-state index contributed by atoms with van der Waals surface area (Å²) in [6, 6.07) is 12.7. The van der Waals surface area contributed by atoms with Crippen LogP contribution in [0.4, 0.5) is 11.5 Å². The first-order valence-electron chi connectivity index (χ1n) is 6.14. The monoisotopic (exact) mass is 285 g/mol. The van der Waals surface area contributed by atoms with Crippen molar-refractivity contribution in [3.05, 3.63) is 69.6 Å². The molecule has 0 fully saturated rings. The minimum Gasteiger partial charge on any atom is -0.340 e. The zero-order chi connectivity index (χ0) is 14.1. The van der Waals surface area contributed by atoms with E-state index in [1.807, 2.05) is 31.2 Å². The molecule has 5 heteroatoms. The Balaban J connectivity index is 2.02. The number of hydrogen-bond donors (Lipinski definition) is 1. The molecule has 0 saturated heterocycles. The second-order valence-corrected chi connectivity index (χ2v) is 4.98. The Hall–Kier alpha value is -2.33. The fourth-order valence-electron chi connectivity index (χ4n) is 1.93. The Bertz CT molecular complexity index is 825. The first-order chi connectivity index (χ1) is 9.61. The van der Waals surface area contributed by atoms with Crippen LogP contribution in [0.1, 0.15) is 5.56 Å². The maximum absolute atomic E-state index is 12.0. The van der Waals surface area contributed by atoms with Crippen molar-refractivity contribution >= 4 is 28.8 Å². The van der Waals surface area contributed by atoms with Crippen molar-refractivity contribution in [3.8, 4) is 0 Å². The average molecular weight is 286 g/mol. The van der Waals surface area contributed by atoms with Gasteiger partial charge >= 0.3 is 0 Å². The molecule has 1 aromatic carbocycles. The minimum atomic E-state index is -0.174. The number of aromatic nitrogens is 2. The Labute approximate surface area is 120 Å². The number of pyridine rings is 1. The average Bonchev–Trinajstić information content (AvgIpc) is 2.42. The second-order valence-electron chi connectivity index (χ2n) is 4.55. The Kier molecular flexibility index (Phi) is 3.16. The van der Waals surface area contributed by atoms with E-state index in [0.29, 0.717) is 16.5 Å². The fourth-order valence-corrected chi connectivity index (χ4v) is 2.09. The van der Waals surface area contributed by atoms with Crippen molar-refractivity contribution in [2.24, 2.45) is 0 Å². The quantitative estimate of drug-likeness (QED) is 0.785. The summed E-state index contributed by atoms with van der Waals surface area (Å²) in [4.78, 5) is 16.4. The van der Waals surface area contributed by atoms with Crippen LogP contribution >= 0.6 is 11.6 Å². The van der Waals surface area contributed by atoms with Crippen molar-refractivity contribution in [1.82, 2.24) is 9.38 Å². The SMILES string of the molecule is Cc1ccc(Nc2cc(=O)n3cc(Cl)ccc3n2)cc1. The summed E-state index contributed by atoms with van der Waals surface area (Å²) in [6.07, 6.45) is 1.56. The third-order valence-corrected chi connectivity index (χ3v) is 3.17. The van der Waals surface area contributed by atoms with Gasteiger partial charge in [-0.25, -0.2) is 4.98 Å². The van der Waals surface area contributed by atoms with Gasteiger partial charge in [0.05, 0.1) is 5.02 Å². The van der Waals surface area contributed by atoms with Crippen molar-refractivity contribution in [2.45, 2.75) is 6.92 Å². The van der Waals surface area contributed by atoms with Crippen LogP contribution in [0, 0.1) is 6.92 Å². The zero-order valence-corrected chi connectivity index (χ0v) is 11.6. The topological polar surface area (TPSA) is 46.4 Å². The van der Waals surface area contributed by atoms with Crippen LogP contribution in [0.25, 0.3) is 5.65 Å². The van der Waals surface area contributed by atoms with Crippen LogP contribution in [0.3, 0.4) is 0 Å². The Morgan fingerprint density at radius 1 is 1.15 bits per heavy atom. The lowest BCUT2D eigenvalue weighted by Gasteiger charge is -2.07. The van der Waals surface area contributed by atoms with E-state index in [-0.39, 0.29) is 5.56 Å². The molecule has 3 aromatic rings. The van der Waals surface area contributed by atoms with E-state index >= 15 is 0 Å². The highest BCUT2D eigenvalue weighted by Gasteiger charge is 2.03. The van der Waals surface area contributed by atoms with Gasteiger partial charge in [0.15, 0.2) is 0 Å². The summed E-state index contributed by atoms with van der Waals surface area (Å²) >= 11 is 5.87. The number of halogens is 1. The van der Waals surface area contributed by atoms with Gasteiger partial charge in [-0.15, -0.1) is 0 Å². The molecule has 20 heavy (non-hydrogen) atoms. The molecular weight excluding hydrogens is 274 g/mol. The molecule has 0 aliphatic heterocycles. The highest BCUT2D eigenvalue weighted by atomic mass is 35.5. The van der Waals surface area contributed by atoms with Crippen LogP contribution in [0.2, 0.25) is 5.02 Å². The van der Waals surface area contributed by atoms with Gasteiger partial charge < -0.3 is 5.32 Å². The van der Waals surface area contributed by atoms with E-state index in [9.17, 15) is 4.79 Å². The standard InChI is InChI=1S/C15H12ClN3O/c1-10-2-5-12(6-3-10)17-13-8-15(20)19-9-11(16)4-7-14(19)18-13/h2-9,17H,1H3. The highest BCUT2D eigenvalue weighted by molar-refractivity contribution is 6.30. The van der Waals surface area contributed by atoms with Crippen molar-refractivity contribution < 1.29 is 0 Å². The molecule has 0 unspecified atom stereocenters. The van der Waals surface area contributed by atoms with Crippen LogP contribution in [-0.2, 0) is 0 Å². The summed E-state index contributed by atoms with van der Waals surface area (Å²) in [5, 5.41) is 3.62. The molecule has 0 atom stereocenters. The van der Waals surface area contributed by atoms with Gasteiger partial charge in [-0.3, -0.25) is 9.20 Å². The minimum absolute atomic E-state index is 0.174. The van der Waals surface area contributed by atoms with Crippen molar-refractivity contribution in [3.63, 3.8) is 0 Å². The van der Waals surface area contributed by atoms with Gasteiger partial charge in [0, 0.05) is 18.0 Å². The highest BCUT2D eigenvalue weighted by Crippen LogP contribution is 2.15. The van der Waals surface area contributed by atoms with Crippen molar-refractivity contribution in [1.29, 1.82) is 0 Å². The van der Waals surface area contributed by atoms with E-state index in [2.05, 4.69) is 10.3 Å². The molecular formula is C15H12ClN3O. The fraction of sp³-hybridized carbons (Fsp3) is 0.0667. The number of aryl methyl sites for hydroxylation is 1. The Morgan fingerprint density at radius 3 is 2.65 bits per heavy atom. The molecule has 1 N–H and O–H groups in total. The number of nitrogens with one attached hydrogen (secondary N) is 1. The van der Waals surface area contributed by atoms with Gasteiger partial charge in [-0.2, -0.15) is 0 Å². The van der Waals surface area contributed by atoms with Gasteiger partial charge in [-0.05, 0) is 31.2 Å². The number of fused-ring (bicyclic) bond motifs is 1. The third kappa shape index (κ3) is 2.51. The molecule has 0 radical (unpaired) electrons. The largest absolute Gasteiger partial charge is 0.340 e. The van der Waals surface area contributed by atoms with Crippen molar-refractivity contribution in [2.75, 3.05) is 5.32 Å². The summed E-state index contributed by atoms with van der Waals surface area (Å²) in [7, 11) is 0. The molecule has 0 saturated carbocycles. The summed E-state index contributed by atoms with van der Waals surface area (Å²) < 4.78 is 1.42. The first kappa shape index (κ1) is 12.7. The summed E-state index contributed by atoms with van der Waals surface area (Å²) in [6.45, 7) is 2.02. The maximum Gasteiger partial charge on any atom is 0.260 e. The van der Waals surface area contributed by atoms with Crippen LogP contribution < -0.4 is 10.9 Å². The smallest absolute Gasteiger partial charge is 0.260 e. The summed E-state index contributed by atoms with van der Waals surface area (Å²) in [5.74, 6) is 0.515. The van der Waals surface area contributed by atoms with E-state index in [1.54, 1.807) is 18.3 Å². The van der Waals surface area contributed by atoms with Crippen LogP contribution in [-0.4, -0.2) is 9.38 Å². The van der Waals surface area contributed by atoms with Gasteiger partial charge in [0.2, 0.25) is 0 Å². The number of nitrogens with zero attached hydrogens (tertiary/aromatic N) is 2. The molecule has 0 aliphatic rings. The lowest BCUT2D eigenvalue weighted by molar-refractivity contribution is 1.05. The van der Waals surface area contributed by atoms with E-state index in [4.69, 9.17) is 11.6 Å². The van der Waals surface area contributed by atoms with Crippen LogP contribution in [0.5, 0.6) is 0 Å². The lowest BCUT2D eigenvalue weighted by atomic mass is 10.2. The molecule has 0 aliphatic carbocycles. The molecule has 4 nitrogen and oxygen atoms in total. The second kappa shape index (κ2) is 4.98. The maximum atomic E-state index is 12.0. The van der Waals surface area contributed by atoms with Gasteiger partial charge in [-0.1, -0.05) is 29.3 Å². The van der Waals surface area contributed by atoms with Gasteiger partial charge in [0.25, 0.3) is 5.56 Å².